The summed E-state index contributed by atoms with van der Waals surface area (Å²) in [5.74, 6) is 0. The Morgan fingerprint density at radius 3 is 0.412 bits per heavy atom. The second-order valence-corrected chi connectivity index (χ2v) is 1.13. The maximum Gasteiger partial charge on any atom is 0.503 e. The maximum atomic E-state index is 8.56. The van der Waals surface area contributed by atoms with E-state index in [1.807, 2.05) is 0 Å². The maximum absolute atomic E-state index is 8.56. The first-order valence-electron chi connectivity index (χ1n) is 2.61. The van der Waals surface area contributed by atoms with Gasteiger partial charge in [0, 0.05) is 51.4 Å². The molecule has 0 unspecified atom stereocenters. The molecule has 0 spiro atoms. The number of hydrogen-bond donors (Lipinski definition) is 8. The molecule has 0 aliphatic heterocycles. The van der Waals surface area contributed by atoms with Crippen LogP contribution in [0.3, 0.4) is 0 Å². The van der Waals surface area contributed by atoms with Crippen molar-refractivity contribution in [2.45, 2.75) is 0 Å². The molecule has 13 heteroatoms. The van der Waals surface area contributed by atoms with Gasteiger partial charge in [0.05, 0.1) is 0 Å². The van der Waals surface area contributed by atoms with Gasteiger partial charge in [0.2, 0.25) is 0 Å². The molecule has 0 aromatic heterocycles. The van der Waals surface area contributed by atoms with Gasteiger partial charge < -0.3 is 40.9 Å². The van der Waals surface area contributed by atoms with E-state index >= 15 is 0 Å². The van der Waals surface area contributed by atoms with Crippen LogP contribution in [0.5, 0.6) is 0 Å². The fraction of sp³-hybridized carbons (Fsp3) is 0. The van der Waals surface area contributed by atoms with Crippen molar-refractivity contribution < 1.29 is 60.0 Å². The van der Waals surface area contributed by atoms with E-state index in [-0.39, 0.29) is 51.4 Å². The van der Waals surface area contributed by atoms with Crippen molar-refractivity contribution in [1.29, 1.82) is 0 Å². The average Bonchev–Trinajstić information content (AvgIpc) is 1.76. The number of rotatable bonds is 0. The Labute approximate surface area is 135 Å². The summed E-state index contributed by atoms with van der Waals surface area (Å²) < 4.78 is 0. The van der Waals surface area contributed by atoms with Crippen LogP contribution in [0, 0.1) is 0 Å². The Kier molecular flexibility index (Phi) is 42.0. The largest absolute Gasteiger partial charge is 0.503 e. The Hall–Kier alpha value is -1.28. The third-order valence-electron chi connectivity index (χ3n) is 0. The zero-order valence-corrected chi connectivity index (χ0v) is 11.3. The van der Waals surface area contributed by atoms with E-state index < -0.39 is 24.6 Å². The number of carbonyl (C=O) groups is 4. The minimum absolute atomic E-state index is 0. The van der Waals surface area contributed by atoms with Gasteiger partial charge in [-0.3, -0.25) is 0 Å². The van der Waals surface area contributed by atoms with Crippen molar-refractivity contribution in [2.75, 3.05) is 0 Å². The summed E-state index contributed by atoms with van der Waals surface area (Å²) in [6, 6.07) is 0. The Bertz CT molecular complexity index is 159. The zero-order chi connectivity index (χ0) is 14.3. The molecule has 1 radical (unpaired) electrons. The molecule has 0 aromatic carbocycles. The third-order valence-corrected chi connectivity index (χ3v) is 0. The van der Waals surface area contributed by atoms with Gasteiger partial charge >= 0.3 is 24.6 Å². The van der Waals surface area contributed by atoms with Crippen molar-refractivity contribution in [1.82, 2.24) is 0 Å². The van der Waals surface area contributed by atoms with Crippen molar-refractivity contribution in [2.24, 2.45) is 0 Å². The van der Waals surface area contributed by atoms with Gasteiger partial charge in [-0.1, -0.05) is 0 Å². The molecule has 12 nitrogen and oxygen atoms in total. The second-order valence-electron chi connectivity index (χ2n) is 1.13. The fourth-order valence-corrected chi connectivity index (χ4v) is 0. The average molecular weight is 287 g/mol. The van der Waals surface area contributed by atoms with Gasteiger partial charge in [-0.15, -0.1) is 0 Å². The van der Waals surface area contributed by atoms with Gasteiger partial charge in [0.25, 0.3) is 0 Å². The zero-order valence-electron chi connectivity index (χ0n) is 8.21. The Morgan fingerprint density at radius 2 is 0.412 bits per heavy atom. The van der Waals surface area contributed by atoms with E-state index in [2.05, 4.69) is 0 Å². The minimum atomic E-state index is -1.83. The molecule has 0 bridgehead atoms. The number of carboxylic acid groups (broad SMARTS) is 8. The summed E-state index contributed by atoms with van der Waals surface area (Å²) in [5, 5.41) is 55.8. The van der Waals surface area contributed by atoms with E-state index in [0.717, 1.165) is 0 Å². The second kappa shape index (κ2) is 24.1. The molecular weight excluding hydrogens is 279 g/mol. The SMILES string of the molecule is O=C(O)O.O=C(O)O.O=C(O)O.O=C(O)O.[K]. The first kappa shape index (κ1) is 29.6. The predicted molar refractivity (Wildman–Crippen MR) is 48.4 cm³/mol. The monoisotopic (exact) mass is 287 g/mol. The molecule has 0 aliphatic carbocycles. The molecule has 0 aromatic rings. The van der Waals surface area contributed by atoms with E-state index in [0.29, 0.717) is 0 Å². The van der Waals surface area contributed by atoms with Gasteiger partial charge in [0.1, 0.15) is 0 Å². The smallest absolute Gasteiger partial charge is 0.450 e. The van der Waals surface area contributed by atoms with Crippen molar-refractivity contribution in [3.8, 4) is 0 Å². The van der Waals surface area contributed by atoms with Crippen LogP contribution in [0.25, 0.3) is 0 Å². The van der Waals surface area contributed by atoms with E-state index in [1.165, 1.54) is 0 Å². The molecule has 0 fully saturated rings. The molecule has 0 aliphatic rings. The first-order chi connectivity index (χ1) is 6.93. The molecule has 0 atom stereocenters. The summed E-state index contributed by atoms with van der Waals surface area (Å²) in [6.45, 7) is 0. The van der Waals surface area contributed by atoms with Crippen molar-refractivity contribution in [3.63, 3.8) is 0 Å². The summed E-state index contributed by atoms with van der Waals surface area (Å²) in [6.07, 6.45) is -7.33. The molecule has 97 valence electrons. The first-order valence-corrected chi connectivity index (χ1v) is 2.61. The quantitative estimate of drug-likeness (QED) is 0.284. The predicted octanol–water partition coefficient (Wildman–Crippen LogP) is 0.509. The normalized spacial score (nSPS) is 5.65. The fourth-order valence-electron chi connectivity index (χ4n) is 0. The summed E-state index contributed by atoms with van der Waals surface area (Å²) >= 11 is 0. The van der Waals surface area contributed by atoms with Crippen LogP contribution in [0.15, 0.2) is 0 Å². The Morgan fingerprint density at radius 1 is 0.412 bits per heavy atom. The van der Waals surface area contributed by atoms with E-state index in [9.17, 15) is 0 Å². The van der Waals surface area contributed by atoms with Crippen LogP contribution < -0.4 is 0 Å². The molecule has 0 saturated heterocycles. The Balaban J connectivity index is -0.0000000369. The summed E-state index contributed by atoms with van der Waals surface area (Å²) in [7, 11) is 0. The van der Waals surface area contributed by atoms with Crippen LogP contribution in [0.1, 0.15) is 0 Å². The van der Waals surface area contributed by atoms with E-state index in [4.69, 9.17) is 60.0 Å². The van der Waals surface area contributed by atoms with Crippen molar-refractivity contribution in [3.05, 3.63) is 0 Å². The van der Waals surface area contributed by atoms with Gasteiger partial charge in [-0.2, -0.15) is 0 Å². The third kappa shape index (κ3) is 1440. The molecular formula is C4H8KO12. The van der Waals surface area contributed by atoms with E-state index in [1.54, 1.807) is 0 Å². The molecule has 8 N–H and O–H groups in total. The minimum Gasteiger partial charge on any atom is -0.450 e. The standard InChI is InChI=1S/4CH2O3.K/c4*2-1(3)4;/h4*(H2,2,3,4);. The number of hydrogen-bond acceptors (Lipinski definition) is 4. The molecule has 0 heterocycles. The van der Waals surface area contributed by atoms with Crippen LogP contribution in [-0.4, -0.2) is 117 Å². The topological polar surface area (TPSA) is 230 Å². The van der Waals surface area contributed by atoms with Crippen LogP contribution >= 0.6 is 0 Å². The van der Waals surface area contributed by atoms with Gasteiger partial charge in [-0.25, -0.2) is 19.2 Å². The summed E-state index contributed by atoms with van der Waals surface area (Å²) in [5.41, 5.74) is 0. The van der Waals surface area contributed by atoms with Crippen LogP contribution in [0.2, 0.25) is 0 Å². The van der Waals surface area contributed by atoms with Crippen LogP contribution in [0.4, 0.5) is 19.2 Å². The van der Waals surface area contributed by atoms with Gasteiger partial charge in [-0.05, 0) is 0 Å². The van der Waals surface area contributed by atoms with Gasteiger partial charge in [0.15, 0.2) is 0 Å². The summed E-state index contributed by atoms with van der Waals surface area (Å²) in [4.78, 5) is 34.2. The molecule has 17 heavy (non-hydrogen) atoms. The van der Waals surface area contributed by atoms with Crippen LogP contribution in [-0.2, 0) is 0 Å². The molecule has 0 saturated carbocycles. The molecule has 0 amide bonds. The van der Waals surface area contributed by atoms with Crippen molar-refractivity contribution >= 4 is 76.0 Å². The molecule has 0 rings (SSSR count).